The van der Waals surface area contributed by atoms with Crippen LogP contribution in [0.1, 0.15) is 25.3 Å². The predicted octanol–water partition coefficient (Wildman–Crippen LogP) is 0.496. The third-order valence-corrected chi connectivity index (χ3v) is 4.98. The number of aromatic nitrogens is 2. The first-order valence-electron chi connectivity index (χ1n) is 9.45. The molecular formula is C18H31N5O2. The molecule has 0 spiro atoms. The molecule has 3 rings (SSSR count). The van der Waals surface area contributed by atoms with Gasteiger partial charge in [-0.1, -0.05) is 0 Å². The van der Waals surface area contributed by atoms with Crippen molar-refractivity contribution in [2.45, 2.75) is 32.4 Å². The van der Waals surface area contributed by atoms with Gasteiger partial charge in [0.05, 0.1) is 19.3 Å². The fraction of sp³-hybridized carbons (Fsp3) is 0.778. The van der Waals surface area contributed by atoms with Crippen LogP contribution in [0.15, 0.2) is 12.4 Å². The second-order valence-corrected chi connectivity index (χ2v) is 7.21. The van der Waals surface area contributed by atoms with Gasteiger partial charge in [-0.15, -0.1) is 0 Å². The van der Waals surface area contributed by atoms with E-state index in [9.17, 15) is 5.11 Å². The van der Waals surface area contributed by atoms with Gasteiger partial charge in [0.2, 0.25) is 5.95 Å². The third-order valence-electron chi connectivity index (χ3n) is 4.98. The van der Waals surface area contributed by atoms with Gasteiger partial charge in [-0.05, 0) is 45.3 Å². The summed E-state index contributed by atoms with van der Waals surface area (Å²) in [5, 5.41) is 13.0. The van der Waals surface area contributed by atoms with Gasteiger partial charge in [0, 0.05) is 44.1 Å². The summed E-state index contributed by atoms with van der Waals surface area (Å²) in [6, 6.07) is 0. The molecule has 2 aliphatic rings. The average molecular weight is 349 g/mol. The monoisotopic (exact) mass is 349 g/mol. The minimum atomic E-state index is -0.227. The molecule has 0 radical (unpaired) electrons. The smallest absolute Gasteiger partial charge is 0.225 e. The molecule has 7 heteroatoms. The number of morpholine rings is 1. The summed E-state index contributed by atoms with van der Waals surface area (Å²) >= 11 is 0. The van der Waals surface area contributed by atoms with Crippen molar-refractivity contribution < 1.29 is 9.84 Å². The molecule has 0 saturated carbocycles. The number of hydrogen-bond acceptors (Lipinski definition) is 7. The second kappa shape index (κ2) is 9.43. The summed E-state index contributed by atoms with van der Waals surface area (Å²) in [6.07, 6.45) is 6.03. The predicted molar refractivity (Wildman–Crippen MR) is 97.6 cm³/mol. The summed E-state index contributed by atoms with van der Waals surface area (Å²) in [6.45, 7) is 9.93. The van der Waals surface area contributed by atoms with Crippen LogP contribution in [0.25, 0.3) is 0 Å². The molecule has 2 fully saturated rings. The maximum Gasteiger partial charge on any atom is 0.225 e. The molecule has 7 nitrogen and oxygen atoms in total. The van der Waals surface area contributed by atoms with Gasteiger partial charge in [-0.3, -0.25) is 0 Å². The van der Waals surface area contributed by atoms with Crippen LogP contribution < -0.4 is 10.2 Å². The van der Waals surface area contributed by atoms with E-state index in [0.717, 1.165) is 76.5 Å². The Morgan fingerprint density at radius 1 is 1.20 bits per heavy atom. The van der Waals surface area contributed by atoms with E-state index in [4.69, 9.17) is 4.74 Å². The summed E-state index contributed by atoms with van der Waals surface area (Å²) in [4.78, 5) is 13.5. The highest BCUT2D eigenvalue weighted by Crippen LogP contribution is 2.16. The van der Waals surface area contributed by atoms with Gasteiger partial charge in [-0.2, -0.15) is 0 Å². The number of hydrogen-bond donors (Lipinski definition) is 2. The highest BCUT2D eigenvalue weighted by atomic mass is 16.5. The number of nitrogens with one attached hydrogen (secondary N) is 1. The number of rotatable bonds is 7. The third kappa shape index (κ3) is 5.88. The Morgan fingerprint density at radius 3 is 2.52 bits per heavy atom. The lowest BCUT2D eigenvalue weighted by molar-refractivity contribution is 0.0998. The molecule has 0 aromatic carbocycles. The maximum absolute atomic E-state index is 9.47. The van der Waals surface area contributed by atoms with E-state index in [1.165, 1.54) is 12.8 Å². The second-order valence-electron chi connectivity index (χ2n) is 7.21. The first-order valence-corrected chi connectivity index (χ1v) is 9.45. The molecule has 2 N–H and O–H groups in total. The van der Waals surface area contributed by atoms with Crippen molar-refractivity contribution >= 4 is 5.95 Å². The first-order chi connectivity index (χ1) is 12.2. The number of nitrogens with zero attached hydrogens (tertiary/aromatic N) is 4. The number of β-amino-alcohol motifs (C(OH)–C–C–N with tert-alkyl or cyclic N) is 1. The molecule has 0 amide bonds. The zero-order chi connectivity index (χ0) is 17.5. The molecule has 2 saturated heterocycles. The van der Waals surface area contributed by atoms with E-state index < -0.39 is 0 Å². The maximum atomic E-state index is 9.47. The summed E-state index contributed by atoms with van der Waals surface area (Å²) in [5.74, 6) is 1.52. The highest BCUT2D eigenvalue weighted by Gasteiger charge is 2.19. The Morgan fingerprint density at radius 2 is 1.88 bits per heavy atom. The molecular weight excluding hydrogens is 318 g/mol. The topological polar surface area (TPSA) is 73.8 Å². The average Bonchev–Trinajstić information content (AvgIpc) is 2.64. The molecule has 0 aliphatic carbocycles. The number of likely N-dealkylation sites (tertiary alicyclic amines) is 1. The Bertz CT molecular complexity index is 497. The molecule has 140 valence electrons. The Hall–Kier alpha value is -1.28. The van der Waals surface area contributed by atoms with Crippen molar-refractivity contribution in [2.24, 2.45) is 5.92 Å². The van der Waals surface area contributed by atoms with E-state index in [2.05, 4.69) is 25.1 Å². The quantitative estimate of drug-likeness (QED) is 0.742. The summed E-state index contributed by atoms with van der Waals surface area (Å²) < 4.78 is 5.36. The lowest BCUT2D eigenvalue weighted by atomic mass is 9.96. The van der Waals surface area contributed by atoms with Gasteiger partial charge in [0.1, 0.15) is 0 Å². The zero-order valence-corrected chi connectivity index (χ0v) is 15.2. The Balaban J connectivity index is 1.35. The van der Waals surface area contributed by atoms with Crippen LogP contribution in [0, 0.1) is 5.92 Å². The Labute approximate surface area is 150 Å². The van der Waals surface area contributed by atoms with E-state index in [0.29, 0.717) is 0 Å². The summed E-state index contributed by atoms with van der Waals surface area (Å²) in [5.41, 5.74) is 1.13. The van der Waals surface area contributed by atoms with E-state index in [-0.39, 0.29) is 6.10 Å². The lowest BCUT2D eigenvalue weighted by Gasteiger charge is -2.32. The molecule has 2 aliphatic heterocycles. The van der Waals surface area contributed by atoms with Crippen molar-refractivity contribution in [2.75, 3.05) is 57.4 Å². The fourth-order valence-electron chi connectivity index (χ4n) is 3.53. The van der Waals surface area contributed by atoms with Crippen molar-refractivity contribution in [3.63, 3.8) is 0 Å². The SMILES string of the molecule is C[C@@H](O)CN1CCC(CNCc2cnc(N3CCOCC3)nc2)CC1. The molecule has 25 heavy (non-hydrogen) atoms. The molecule has 0 unspecified atom stereocenters. The number of aliphatic hydroxyl groups excluding tert-OH is 1. The number of piperidine rings is 1. The molecule has 3 heterocycles. The molecule has 1 aromatic heterocycles. The van der Waals surface area contributed by atoms with E-state index >= 15 is 0 Å². The van der Waals surface area contributed by atoms with Gasteiger partial charge in [-0.25, -0.2) is 9.97 Å². The largest absolute Gasteiger partial charge is 0.392 e. The van der Waals surface area contributed by atoms with Gasteiger partial charge >= 0.3 is 0 Å². The van der Waals surface area contributed by atoms with Crippen molar-refractivity contribution in [3.05, 3.63) is 18.0 Å². The fourth-order valence-corrected chi connectivity index (χ4v) is 3.53. The van der Waals surface area contributed by atoms with Crippen LogP contribution in [0.3, 0.4) is 0 Å². The minimum absolute atomic E-state index is 0.227. The van der Waals surface area contributed by atoms with Gasteiger partial charge in [0.15, 0.2) is 0 Å². The number of aliphatic hydroxyl groups is 1. The van der Waals surface area contributed by atoms with Crippen molar-refractivity contribution in [1.82, 2.24) is 20.2 Å². The molecule has 1 aromatic rings. The Kier molecular flexibility index (Phi) is 6.98. The van der Waals surface area contributed by atoms with Crippen molar-refractivity contribution in [3.8, 4) is 0 Å². The normalized spacial score (nSPS) is 21.4. The highest BCUT2D eigenvalue weighted by molar-refractivity contribution is 5.30. The lowest BCUT2D eigenvalue weighted by Crippen LogP contribution is -2.40. The van der Waals surface area contributed by atoms with Gasteiger partial charge < -0.3 is 25.0 Å². The number of ether oxygens (including phenoxy) is 1. The first kappa shape index (κ1) is 18.5. The van der Waals surface area contributed by atoms with Crippen LogP contribution in [0.4, 0.5) is 5.95 Å². The molecule has 0 bridgehead atoms. The van der Waals surface area contributed by atoms with Crippen LogP contribution >= 0.6 is 0 Å². The van der Waals surface area contributed by atoms with Crippen LogP contribution in [-0.2, 0) is 11.3 Å². The minimum Gasteiger partial charge on any atom is -0.392 e. The standard InChI is InChI=1S/C18H31N5O2/c1-15(24)14-22-4-2-16(3-5-22)10-19-11-17-12-20-18(21-13-17)23-6-8-25-9-7-23/h12-13,15-16,19,24H,2-11,14H2,1H3/t15-/m1/s1. The zero-order valence-electron chi connectivity index (χ0n) is 15.2. The van der Waals surface area contributed by atoms with Crippen LogP contribution in [0.2, 0.25) is 0 Å². The molecule has 1 atom stereocenters. The number of anilines is 1. The van der Waals surface area contributed by atoms with E-state index in [1.54, 1.807) is 0 Å². The van der Waals surface area contributed by atoms with Crippen LogP contribution in [0.5, 0.6) is 0 Å². The van der Waals surface area contributed by atoms with Gasteiger partial charge in [0.25, 0.3) is 0 Å². The van der Waals surface area contributed by atoms with Crippen LogP contribution in [-0.4, -0.2) is 78.6 Å². The summed E-state index contributed by atoms with van der Waals surface area (Å²) in [7, 11) is 0. The van der Waals surface area contributed by atoms with Crippen molar-refractivity contribution in [1.29, 1.82) is 0 Å². The van der Waals surface area contributed by atoms with E-state index in [1.807, 2.05) is 19.3 Å².